The molecule has 0 aromatic heterocycles. The summed E-state index contributed by atoms with van der Waals surface area (Å²) in [4.78, 5) is 11.7. The van der Waals surface area contributed by atoms with Gasteiger partial charge in [-0.2, -0.15) is 0 Å². The van der Waals surface area contributed by atoms with Crippen molar-refractivity contribution in [3.05, 3.63) is 0 Å². The van der Waals surface area contributed by atoms with Crippen LogP contribution >= 0.6 is 0 Å². The second-order valence-electron chi connectivity index (χ2n) is 5.99. The number of nitrogens with one attached hydrogen (secondary N) is 1. The summed E-state index contributed by atoms with van der Waals surface area (Å²) < 4.78 is 0. The van der Waals surface area contributed by atoms with Crippen molar-refractivity contribution in [3.8, 4) is 0 Å². The van der Waals surface area contributed by atoms with E-state index in [1.807, 2.05) is 0 Å². The molecule has 3 heteroatoms. The van der Waals surface area contributed by atoms with Gasteiger partial charge in [-0.3, -0.25) is 4.79 Å². The quantitative estimate of drug-likeness (QED) is 0.703. The molecule has 0 aromatic carbocycles. The molecule has 0 aromatic rings. The summed E-state index contributed by atoms with van der Waals surface area (Å²) in [6, 6.07) is 0. The highest BCUT2D eigenvalue weighted by Crippen LogP contribution is 2.25. The standard InChI is InChI=1S/C13H28N2O/c1-6-13(4,5)15-11(16)7-8-12(2,3)9-10-14/h6-10,14H2,1-5H3,(H,15,16). The van der Waals surface area contributed by atoms with Gasteiger partial charge in [0.2, 0.25) is 5.91 Å². The molecule has 1 amide bonds. The van der Waals surface area contributed by atoms with E-state index in [4.69, 9.17) is 5.73 Å². The van der Waals surface area contributed by atoms with Crippen LogP contribution in [0.15, 0.2) is 0 Å². The molecule has 0 fully saturated rings. The number of hydrogen-bond donors (Lipinski definition) is 2. The van der Waals surface area contributed by atoms with Crippen LogP contribution in [0, 0.1) is 5.41 Å². The minimum Gasteiger partial charge on any atom is -0.351 e. The highest BCUT2D eigenvalue weighted by molar-refractivity contribution is 5.76. The minimum atomic E-state index is -0.0882. The Labute approximate surface area is 100 Å². The largest absolute Gasteiger partial charge is 0.351 e. The summed E-state index contributed by atoms with van der Waals surface area (Å²) in [7, 11) is 0. The molecule has 3 N–H and O–H groups in total. The topological polar surface area (TPSA) is 55.1 Å². The van der Waals surface area contributed by atoms with E-state index in [0.717, 1.165) is 19.3 Å². The summed E-state index contributed by atoms with van der Waals surface area (Å²) in [6.07, 6.45) is 3.41. The SMILES string of the molecule is CCC(C)(C)NC(=O)CCC(C)(C)CCN. The summed E-state index contributed by atoms with van der Waals surface area (Å²) in [5.74, 6) is 0.150. The molecular weight excluding hydrogens is 200 g/mol. The van der Waals surface area contributed by atoms with Gasteiger partial charge < -0.3 is 11.1 Å². The molecule has 0 radical (unpaired) electrons. The van der Waals surface area contributed by atoms with E-state index in [2.05, 4.69) is 39.9 Å². The molecule has 0 unspecified atom stereocenters. The van der Waals surface area contributed by atoms with Crippen LogP contribution in [0.5, 0.6) is 0 Å². The van der Waals surface area contributed by atoms with E-state index < -0.39 is 0 Å². The van der Waals surface area contributed by atoms with Crippen molar-refractivity contribution in [1.29, 1.82) is 0 Å². The van der Waals surface area contributed by atoms with Gasteiger partial charge in [-0.05, 0) is 45.1 Å². The maximum Gasteiger partial charge on any atom is 0.220 e. The summed E-state index contributed by atoms with van der Waals surface area (Å²) in [6.45, 7) is 11.2. The van der Waals surface area contributed by atoms with E-state index >= 15 is 0 Å². The summed E-state index contributed by atoms with van der Waals surface area (Å²) in [5.41, 5.74) is 5.62. The van der Waals surface area contributed by atoms with Crippen LogP contribution in [0.3, 0.4) is 0 Å². The molecule has 0 spiro atoms. The Morgan fingerprint density at radius 3 is 2.19 bits per heavy atom. The molecule has 0 heterocycles. The van der Waals surface area contributed by atoms with Crippen LogP contribution in [0.2, 0.25) is 0 Å². The highest BCUT2D eigenvalue weighted by atomic mass is 16.1. The van der Waals surface area contributed by atoms with Gasteiger partial charge in [0.25, 0.3) is 0 Å². The normalized spacial score (nSPS) is 12.6. The van der Waals surface area contributed by atoms with Crippen LogP contribution < -0.4 is 11.1 Å². The Hall–Kier alpha value is -0.570. The lowest BCUT2D eigenvalue weighted by Crippen LogP contribution is -2.43. The number of carbonyl (C=O) groups excluding carboxylic acids is 1. The first-order valence-electron chi connectivity index (χ1n) is 6.23. The van der Waals surface area contributed by atoms with E-state index in [1.54, 1.807) is 0 Å². The zero-order valence-electron chi connectivity index (χ0n) is 11.5. The van der Waals surface area contributed by atoms with Crippen LogP contribution in [0.4, 0.5) is 0 Å². The van der Waals surface area contributed by atoms with Crippen molar-refractivity contribution in [1.82, 2.24) is 5.32 Å². The Kier molecular flexibility index (Phi) is 6.01. The van der Waals surface area contributed by atoms with E-state index in [-0.39, 0.29) is 16.9 Å². The third-order valence-corrected chi connectivity index (χ3v) is 3.21. The van der Waals surface area contributed by atoms with Gasteiger partial charge in [0.1, 0.15) is 0 Å². The Morgan fingerprint density at radius 2 is 1.75 bits per heavy atom. The van der Waals surface area contributed by atoms with Gasteiger partial charge in [0.05, 0.1) is 0 Å². The van der Waals surface area contributed by atoms with Gasteiger partial charge in [-0.25, -0.2) is 0 Å². The second kappa shape index (κ2) is 6.24. The van der Waals surface area contributed by atoms with Crippen molar-refractivity contribution in [3.63, 3.8) is 0 Å². The zero-order valence-corrected chi connectivity index (χ0v) is 11.5. The predicted molar refractivity (Wildman–Crippen MR) is 69.2 cm³/mol. The minimum absolute atomic E-state index is 0.0882. The molecule has 3 nitrogen and oxygen atoms in total. The van der Waals surface area contributed by atoms with Crippen molar-refractivity contribution in [2.75, 3.05) is 6.54 Å². The molecule has 0 saturated heterocycles. The molecule has 0 bridgehead atoms. The van der Waals surface area contributed by atoms with Crippen molar-refractivity contribution in [2.45, 2.75) is 65.8 Å². The van der Waals surface area contributed by atoms with E-state index in [1.165, 1.54) is 0 Å². The molecule has 0 aliphatic heterocycles. The van der Waals surface area contributed by atoms with Crippen molar-refractivity contribution in [2.24, 2.45) is 11.1 Å². The number of rotatable bonds is 7. The molecule has 0 rings (SSSR count). The Morgan fingerprint density at radius 1 is 1.19 bits per heavy atom. The maximum absolute atomic E-state index is 11.7. The highest BCUT2D eigenvalue weighted by Gasteiger charge is 2.21. The summed E-state index contributed by atoms with van der Waals surface area (Å²) in [5, 5.41) is 3.05. The Balaban J connectivity index is 3.99. The third-order valence-electron chi connectivity index (χ3n) is 3.21. The number of hydrogen-bond acceptors (Lipinski definition) is 2. The van der Waals surface area contributed by atoms with Gasteiger partial charge in [-0.15, -0.1) is 0 Å². The van der Waals surface area contributed by atoms with Gasteiger partial charge in [0, 0.05) is 12.0 Å². The molecule has 0 aliphatic rings. The Bertz CT molecular complexity index is 222. The number of amides is 1. The van der Waals surface area contributed by atoms with Crippen LogP contribution in [-0.4, -0.2) is 18.0 Å². The lowest BCUT2D eigenvalue weighted by atomic mass is 9.84. The van der Waals surface area contributed by atoms with Gasteiger partial charge in [-0.1, -0.05) is 20.8 Å². The van der Waals surface area contributed by atoms with E-state index in [9.17, 15) is 4.79 Å². The van der Waals surface area contributed by atoms with Crippen LogP contribution in [0.1, 0.15) is 60.3 Å². The smallest absolute Gasteiger partial charge is 0.220 e. The lowest BCUT2D eigenvalue weighted by molar-refractivity contribution is -0.123. The first-order valence-corrected chi connectivity index (χ1v) is 6.23. The average molecular weight is 228 g/mol. The van der Waals surface area contributed by atoms with Crippen LogP contribution in [-0.2, 0) is 4.79 Å². The van der Waals surface area contributed by atoms with Crippen LogP contribution in [0.25, 0.3) is 0 Å². The monoisotopic (exact) mass is 228 g/mol. The average Bonchev–Trinajstić information content (AvgIpc) is 2.14. The molecular formula is C13H28N2O. The maximum atomic E-state index is 11.7. The lowest BCUT2D eigenvalue weighted by Gasteiger charge is -2.27. The fourth-order valence-electron chi connectivity index (χ4n) is 1.50. The van der Waals surface area contributed by atoms with Crippen molar-refractivity contribution < 1.29 is 4.79 Å². The first-order chi connectivity index (χ1) is 7.22. The first kappa shape index (κ1) is 15.4. The van der Waals surface area contributed by atoms with Gasteiger partial charge >= 0.3 is 0 Å². The van der Waals surface area contributed by atoms with Gasteiger partial charge in [0.15, 0.2) is 0 Å². The molecule has 96 valence electrons. The molecule has 0 saturated carbocycles. The summed E-state index contributed by atoms with van der Waals surface area (Å²) >= 11 is 0. The van der Waals surface area contributed by atoms with Crippen molar-refractivity contribution >= 4 is 5.91 Å². The fraction of sp³-hybridized carbons (Fsp3) is 0.923. The number of carbonyl (C=O) groups is 1. The zero-order chi connectivity index (χ0) is 12.8. The predicted octanol–water partition coefficient (Wildman–Crippen LogP) is 2.45. The third kappa shape index (κ3) is 6.83. The molecule has 0 aliphatic carbocycles. The fourth-order valence-corrected chi connectivity index (χ4v) is 1.50. The number of nitrogens with two attached hydrogens (primary N) is 1. The molecule has 16 heavy (non-hydrogen) atoms. The van der Waals surface area contributed by atoms with E-state index in [0.29, 0.717) is 13.0 Å². The molecule has 0 atom stereocenters. The second-order valence-corrected chi connectivity index (χ2v) is 5.99.